The number of aromatic carboxylic acids is 1. The van der Waals surface area contributed by atoms with E-state index in [1.807, 2.05) is 0 Å². The Balaban J connectivity index is 1.92. The Morgan fingerprint density at radius 2 is 1.89 bits per heavy atom. The van der Waals surface area contributed by atoms with Crippen LogP contribution in [0.1, 0.15) is 29.6 Å². The molecule has 1 aliphatic rings. The van der Waals surface area contributed by atoms with Crippen LogP contribution in [-0.2, 0) is 9.53 Å². The smallest absolute Gasteiger partial charge is 0.335 e. The molecule has 2 atom stereocenters. The lowest BCUT2D eigenvalue weighted by molar-refractivity contribution is -0.145. The Bertz CT molecular complexity index is 465. The quantitative estimate of drug-likeness (QED) is 0.843. The van der Waals surface area contributed by atoms with Crippen molar-refractivity contribution in [2.24, 2.45) is 5.92 Å². The first-order valence-electron chi connectivity index (χ1n) is 6.18. The van der Waals surface area contributed by atoms with Gasteiger partial charge in [-0.25, -0.2) is 4.79 Å². The fourth-order valence-corrected chi connectivity index (χ4v) is 2.30. The Kier molecular flexibility index (Phi) is 4.04. The van der Waals surface area contributed by atoms with Crippen molar-refractivity contribution in [3.8, 4) is 5.75 Å². The van der Waals surface area contributed by atoms with E-state index in [2.05, 4.69) is 0 Å². The zero-order valence-corrected chi connectivity index (χ0v) is 10.7. The summed E-state index contributed by atoms with van der Waals surface area (Å²) in [5.74, 6) is -0.612. The molecule has 0 bridgehead atoms. The van der Waals surface area contributed by atoms with Crippen molar-refractivity contribution in [3.63, 3.8) is 0 Å². The van der Waals surface area contributed by atoms with Crippen LogP contribution < -0.4 is 4.74 Å². The molecule has 19 heavy (non-hydrogen) atoms. The number of carboxylic acid groups (broad SMARTS) is 1. The molecule has 0 amide bonds. The number of ether oxygens (including phenoxy) is 2. The van der Waals surface area contributed by atoms with Crippen LogP contribution in [0.25, 0.3) is 0 Å². The van der Waals surface area contributed by atoms with E-state index >= 15 is 0 Å². The van der Waals surface area contributed by atoms with Gasteiger partial charge in [-0.15, -0.1) is 0 Å². The van der Waals surface area contributed by atoms with Crippen molar-refractivity contribution in [1.82, 2.24) is 0 Å². The molecule has 1 aromatic rings. The van der Waals surface area contributed by atoms with Gasteiger partial charge in [0.1, 0.15) is 5.75 Å². The van der Waals surface area contributed by atoms with Crippen LogP contribution in [0.3, 0.4) is 0 Å². The second-order valence-electron chi connectivity index (χ2n) is 4.60. The third-order valence-corrected chi connectivity index (χ3v) is 3.32. The van der Waals surface area contributed by atoms with E-state index in [0.717, 1.165) is 12.8 Å². The molecule has 1 N–H and O–H groups in total. The summed E-state index contributed by atoms with van der Waals surface area (Å²) in [7, 11) is 1.39. The summed E-state index contributed by atoms with van der Waals surface area (Å²) in [6, 6.07) is 6.28. The molecular weight excluding hydrogens is 248 g/mol. The SMILES string of the molecule is COC(=O)[C@H]1CC[C@@H](Oc2ccc(C(=O)O)cc2)C1. The van der Waals surface area contributed by atoms with Gasteiger partial charge in [0.15, 0.2) is 0 Å². The molecule has 0 radical (unpaired) electrons. The summed E-state index contributed by atoms with van der Waals surface area (Å²) in [6.45, 7) is 0. The van der Waals surface area contributed by atoms with E-state index in [-0.39, 0.29) is 23.6 Å². The Labute approximate surface area is 111 Å². The van der Waals surface area contributed by atoms with Crippen molar-refractivity contribution in [2.45, 2.75) is 25.4 Å². The third-order valence-electron chi connectivity index (χ3n) is 3.32. The molecule has 0 aliphatic heterocycles. The average molecular weight is 264 g/mol. The third kappa shape index (κ3) is 3.24. The molecule has 1 fully saturated rings. The molecule has 5 nitrogen and oxygen atoms in total. The number of hydrogen-bond donors (Lipinski definition) is 1. The topological polar surface area (TPSA) is 72.8 Å². The Hall–Kier alpha value is -2.04. The normalized spacial score (nSPS) is 21.9. The van der Waals surface area contributed by atoms with Crippen LogP contribution in [-0.4, -0.2) is 30.3 Å². The fraction of sp³-hybridized carbons (Fsp3) is 0.429. The first kappa shape index (κ1) is 13.4. The van der Waals surface area contributed by atoms with Crippen molar-refractivity contribution >= 4 is 11.9 Å². The summed E-state index contributed by atoms with van der Waals surface area (Å²) in [6.07, 6.45) is 2.21. The van der Waals surface area contributed by atoms with E-state index in [1.165, 1.54) is 19.2 Å². The number of carboxylic acids is 1. The van der Waals surface area contributed by atoms with Crippen LogP contribution in [0.5, 0.6) is 5.75 Å². The molecule has 102 valence electrons. The number of hydrogen-bond acceptors (Lipinski definition) is 4. The minimum Gasteiger partial charge on any atom is -0.490 e. The van der Waals surface area contributed by atoms with Gasteiger partial charge in [-0.3, -0.25) is 4.79 Å². The lowest BCUT2D eigenvalue weighted by atomic mass is 10.1. The molecule has 1 saturated carbocycles. The number of carbonyl (C=O) groups excluding carboxylic acids is 1. The van der Waals surface area contributed by atoms with Gasteiger partial charge in [-0.2, -0.15) is 0 Å². The molecule has 0 heterocycles. The summed E-state index contributed by atoms with van der Waals surface area (Å²) >= 11 is 0. The number of methoxy groups -OCH3 is 1. The van der Waals surface area contributed by atoms with E-state index in [9.17, 15) is 9.59 Å². The lowest BCUT2D eigenvalue weighted by Gasteiger charge is -2.13. The number of esters is 1. The van der Waals surface area contributed by atoms with Gasteiger partial charge in [-0.1, -0.05) is 0 Å². The predicted molar refractivity (Wildman–Crippen MR) is 67.2 cm³/mol. The second kappa shape index (κ2) is 5.73. The fourth-order valence-electron chi connectivity index (χ4n) is 2.30. The largest absolute Gasteiger partial charge is 0.490 e. The maximum absolute atomic E-state index is 11.4. The lowest BCUT2D eigenvalue weighted by Crippen LogP contribution is -2.17. The average Bonchev–Trinajstić information content (AvgIpc) is 2.87. The van der Waals surface area contributed by atoms with Gasteiger partial charge < -0.3 is 14.6 Å². The maximum atomic E-state index is 11.4. The van der Waals surface area contributed by atoms with Crippen LogP contribution in [0, 0.1) is 5.92 Å². The zero-order valence-electron chi connectivity index (χ0n) is 10.7. The van der Waals surface area contributed by atoms with Crippen LogP contribution in [0.4, 0.5) is 0 Å². The first-order valence-corrected chi connectivity index (χ1v) is 6.18. The predicted octanol–water partition coefficient (Wildman–Crippen LogP) is 2.11. The molecule has 2 rings (SSSR count). The standard InChI is InChI=1S/C14H16O5/c1-18-14(17)10-4-7-12(8-10)19-11-5-2-9(3-6-11)13(15)16/h2-3,5-6,10,12H,4,7-8H2,1H3,(H,15,16)/t10-,12+/m0/s1. The van der Waals surface area contributed by atoms with Gasteiger partial charge in [0.05, 0.1) is 24.7 Å². The van der Waals surface area contributed by atoms with Gasteiger partial charge in [0.2, 0.25) is 0 Å². The highest BCUT2D eigenvalue weighted by molar-refractivity contribution is 5.87. The zero-order chi connectivity index (χ0) is 13.8. The summed E-state index contributed by atoms with van der Waals surface area (Å²) < 4.78 is 10.4. The Morgan fingerprint density at radius 3 is 2.47 bits per heavy atom. The maximum Gasteiger partial charge on any atom is 0.335 e. The number of rotatable bonds is 4. The monoisotopic (exact) mass is 264 g/mol. The number of carbonyl (C=O) groups is 2. The van der Waals surface area contributed by atoms with Gasteiger partial charge >= 0.3 is 11.9 Å². The van der Waals surface area contributed by atoms with Crippen LogP contribution in [0.2, 0.25) is 0 Å². The van der Waals surface area contributed by atoms with Crippen molar-refractivity contribution in [3.05, 3.63) is 29.8 Å². The van der Waals surface area contributed by atoms with E-state index in [0.29, 0.717) is 12.2 Å². The first-order chi connectivity index (χ1) is 9.10. The minimum atomic E-state index is -0.960. The van der Waals surface area contributed by atoms with Crippen molar-refractivity contribution < 1.29 is 24.2 Å². The van der Waals surface area contributed by atoms with Gasteiger partial charge in [0.25, 0.3) is 0 Å². The summed E-state index contributed by atoms with van der Waals surface area (Å²) in [4.78, 5) is 22.1. The summed E-state index contributed by atoms with van der Waals surface area (Å²) in [5, 5.41) is 8.79. The van der Waals surface area contributed by atoms with Crippen molar-refractivity contribution in [1.29, 1.82) is 0 Å². The van der Waals surface area contributed by atoms with E-state index in [4.69, 9.17) is 14.6 Å². The second-order valence-corrected chi connectivity index (χ2v) is 4.60. The van der Waals surface area contributed by atoms with E-state index < -0.39 is 5.97 Å². The minimum absolute atomic E-state index is 0.0141. The van der Waals surface area contributed by atoms with Crippen LogP contribution >= 0.6 is 0 Å². The number of benzene rings is 1. The highest BCUT2D eigenvalue weighted by Crippen LogP contribution is 2.30. The highest BCUT2D eigenvalue weighted by atomic mass is 16.5. The van der Waals surface area contributed by atoms with Gasteiger partial charge in [0, 0.05) is 0 Å². The molecule has 1 aliphatic carbocycles. The van der Waals surface area contributed by atoms with Crippen molar-refractivity contribution in [2.75, 3.05) is 7.11 Å². The molecule has 0 aromatic heterocycles. The molecule has 5 heteroatoms. The molecule has 0 saturated heterocycles. The molecular formula is C14H16O5. The summed E-state index contributed by atoms with van der Waals surface area (Å²) in [5.41, 5.74) is 0.228. The molecule has 1 aromatic carbocycles. The highest BCUT2D eigenvalue weighted by Gasteiger charge is 2.31. The molecule has 0 unspecified atom stereocenters. The van der Waals surface area contributed by atoms with E-state index in [1.54, 1.807) is 12.1 Å². The Morgan fingerprint density at radius 1 is 1.21 bits per heavy atom. The van der Waals surface area contributed by atoms with Crippen LogP contribution in [0.15, 0.2) is 24.3 Å². The molecule has 0 spiro atoms. The van der Waals surface area contributed by atoms with Gasteiger partial charge in [-0.05, 0) is 43.5 Å².